The second-order valence-electron chi connectivity index (χ2n) is 17.0. The zero-order valence-electron chi connectivity index (χ0n) is 30.9. The molecule has 3 fully saturated rings. The van der Waals surface area contributed by atoms with E-state index in [4.69, 9.17) is 16.0 Å². The number of benzene rings is 1. The van der Waals surface area contributed by atoms with E-state index < -0.39 is 0 Å². The van der Waals surface area contributed by atoms with Gasteiger partial charge in [-0.3, -0.25) is 0 Å². The highest BCUT2D eigenvalue weighted by atomic mass is 16.5. The molecule has 6 rings (SSSR count). The van der Waals surface area contributed by atoms with Crippen molar-refractivity contribution >= 4 is 6.08 Å². The summed E-state index contributed by atoms with van der Waals surface area (Å²) in [6, 6.07) is 10.5. The second-order valence-corrected chi connectivity index (χ2v) is 17.0. The van der Waals surface area contributed by atoms with Crippen LogP contribution in [0.3, 0.4) is 0 Å². The van der Waals surface area contributed by atoms with Crippen molar-refractivity contribution in [1.29, 1.82) is 5.26 Å². The Morgan fingerprint density at radius 2 is 1.84 bits per heavy atom. The van der Waals surface area contributed by atoms with Crippen LogP contribution < -0.4 is 0 Å². The molecule has 260 valence electrons. The molecule has 1 aromatic carbocycles. The van der Waals surface area contributed by atoms with Gasteiger partial charge in [0.25, 0.3) is 5.70 Å². The number of hydrogen-bond donors (Lipinski definition) is 0. The van der Waals surface area contributed by atoms with Gasteiger partial charge in [-0.25, -0.2) is 10.1 Å². The molecule has 5 aliphatic rings. The quantitative estimate of drug-likeness (QED) is 0.143. The normalized spacial score (nSPS) is 34.0. The van der Waals surface area contributed by atoms with Crippen LogP contribution in [0.2, 0.25) is 0 Å². The molecule has 4 nitrogen and oxygen atoms in total. The average molecular weight is 659 g/mol. The van der Waals surface area contributed by atoms with Crippen molar-refractivity contribution in [2.45, 2.75) is 125 Å². The van der Waals surface area contributed by atoms with E-state index >= 15 is 0 Å². The highest BCUT2D eigenvalue weighted by molar-refractivity contribution is 5.56. The molecule has 1 aromatic rings. The van der Waals surface area contributed by atoms with Gasteiger partial charge in [-0.15, -0.1) is 0 Å². The van der Waals surface area contributed by atoms with Gasteiger partial charge in [0.15, 0.2) is 0 Å². The van der Waals surface area contributed by atoms with Gasteiger partial charge in [-0.1, -0.05) is 95.9 Å². The molecule has 1 unspecified atom stereocenters. The van der Waals surface area contributed by atoms with Crippen LogP contribution in [0.5, 0.6) is 0 Å². The first-order chi connectivity index (χ1) is 23.5. The Kier molecular flexibility index (Phi) is 10.8. The second kappa shape index (κ2) is 14.9. The van der Waals surface area contributed by atoms with Crippen LogP contribution in [0.15, 0.2) is 76.9 Å². The molecule has 0 radical (unpaired) electrons. The van der Waals surface area contributed by atoms with Crippen LogP contribution in [0.4, 0.5) is 0 Å². The molecule has 3 saturated carbocycles. The Hall–Kier alpha value is -3.34. The zero-order chi connectivity index (χ0) is 34.8. The summed E-state index contributed by atoms with van der Waals surface area (Å²) in [6.07, 6.45) is 25.1. The summed E-state index contributed by atoms with van der Waals surface area (Å²) in [6.45, 7) is 22.4. The molecule has 0 bridgehead atoms. The van der Waals surface area contributed by atoms with E-state index in [0.717, 1.165) is 53.9 Å². The van der Waals surface area contributed by atoms with Gasteiger partial charge in [0.1, 0.15) is 11.5 Å². The maximum Gasteiger partial charge on any atom is 0.269 e. The number of nitriles is 1. The summed E-state index contributed by atoms with van der Waals surface area (Å²) in [5.74, 6) is 6.53. The van der Waals surface area contributed by atoms with Gasteiger partial charge < -0.3 is 9.47 Å². The van der Waals surface area contributed by atoms with Gasteiger partial charge in [0.05, 0.1) is 25.4 Å². The van der Waals surface area contributed by atoms with Gasteiger partial charge in [-0.05, 0) is 140 Å². The monoisotopic (exact) mass is 658 g/mol. The summed E-state index contributed by atoms with van der Waals surface area (Å²) >= 11 is 0. The molecule has 0 aromatic heterocycles. The van der Waals surface area contributed by atoms with Crippen LogP contribution in [-0.2, 0) is 16.1 Å². The fourth-order valence-electron chi connectivity index (χ4n) is 10.9. The Bertz CT molecular complexity index is 1590. The molecule has 0 N–H and O–H groups in total. The minimum Gasteiger partial charge on any atom is -0.462 e. The smallest absolute Gasteiger partial charge is 0.269 e. The molecule has 4 heteroatoms. The standard InChI is InChI=1S/C45H58N2O2/c1-30(2)9-8-10-31(3)40-19-20-41-39-18-16-36-27-37(21-23-44(36,5)42(39)22-24-45(40,41)6)48-29-34-13-11-33(12-14-34)15-17-38-26-35(25-32(4)49-38)43(28-46)47-7/h11-17,25-26,30-31,37,39-42H,8-10,18-24,27,29H2,1-6H3/b17-15+,43-35+/t31-,37?,39+,40-,41+,42+,44+,45-/m1/s1. The number of allylic oxidation sites excluding steroid dienone is 7. The molecule has 0 amide bonds. The Morgan fingerprint density at radius 3 is 2.57 bits per heavy atom. The third-order valence-corrected chi connectivity index (χ3v) is 13.6. The van der Waals surface area contributed by atoms with E-state index in [1.54, 1.807) is 17.7 Å². The maximum atomic E-state index is 9.25. The lowest BCUT2D eigenvalue weighted by Gasteiger charge is -2.58. The van der Waals surface area contributed by atoms with E-state index in [1.807, 2.05) is 25.1 Å². The van der Waals surface area contributed by atoms with E-state index in [0.29, 0.717) is 40.6 Å². The third-order valence-electron chi connectivity index (χ3n) is 13.6. The number of hydrogen-bond acceptors (Lipinski definition) is 3. The van der Waals surface area contributed by atoms with E-state index in [2.05, 4.69) is 69.8 Å². The summed E-state index contributed by atoms with van der Waals surface area (Å²) in [5.41, 5.74) is 5.51. The number of nitrogens with zero attached hydrogens (tertiary/aromatic N) is 2. The predicted octanol–water partition coefficient (Wildman–Crippen LogP) is 12.1. The molecule has 8 atom stereocenters. The van der Waals surface area contributed by atoms with Crippen LogP contribution in [-0.4, -0.2) is 6.10 Å². The number of ether oxygens (including phenoxy) is 2. The van der Waals surface area contributed by atoms with Crippen molar-refractivity contribution in [1.82, 2.24) is 0 Å². The molecule has 0 saturated heterocycles. The average Bonchev–Trinajstić information content (AvgIpc) is 3.44. The lowest BCUT2D eigenvalue weighted by atomic mass is 9.47. The van der Waals surface area contributed by atoms with E-state index in [1.165, 1.54) is 63.4 Å². The number of fused-ring (bicyclic) bond motifs is 5. The summed E-state index contributed by atoms with van der Waals surface area (Å²) in [5, 5.41) is 9.25. The van der Waals surface area contributed by atoms with Gasteiger partial charge in [0.2, 0.25) is 0 Å². The fraction of sp³-hybridized carbons (Fsp3) is 0.600. The topological polar surface area (TPSA) is 46.6 Å². The van der Waals surface area contributed by atoms with Crippen molar-refractivity contribution in [2.75, 3.05) is 0 Å². The van der Waals surface area contributed by atoms with Gasteiger partial charge >= 0.3 is 0 Å². The van der Waals surface area contributed by atoms with Crippen molar-refractivity contribution < 1.29 is 9.47 Å². The molecule has 49 heavy (non-hydrogen) atoms. The first kappa shape index (κ1) is 35.5. The molecular weight excluding hydrogens is 601 g/mol. The summed E-state index contributed by atoms with van der Waals surface area (Å²) in [4.78, 5) is 3.33. The Labute approximate surface area is 296 Å². The number of rotatable bonds is 10. The van der Waals surface area contributed by atoms with Crippen LogP contribution in [0.25, 0.3) is 10.9 Å². The molecule has 1 heterocycles. The highest BCUT2D eigenvalue weighted by Crippen LogP contribution is 2.67. The molecule has 1 aliphatic heterocycles. The summed E-state index contributed by atoms with van der Waals surface area (Å²) < 4.78 is 12.4. The largest absolute Gasteiger partial charge is 0.462 e. The van der Waals surface area contributed by atoms with Crippen molar-refractivity contribution in [3.05, 3.63) is 99.5 Å². The van der Waals surface area contributed by atoms with Crippen LogP contribution >= 0.6 is 0 Å². The SMILES string of the molecule is [C-]#[N+]/C(C#N)=C1\C=C(C)OC(/C=C/c2ccc(COC3CC[C@@]4(C)C(=CC[C@H]5[C@@H]6CC[C@H]([C@H](C)CCCC(C)C)[C@@]6(C)CC[C@@H]54)C3)cc2)=C1. The lowest BCUT2D eigenvalue weighted by molar-refractivity contribution is -0.0656. The Morgan fingerprint density at radius 1 is 1.04 bits per heavy atom. The molecular formula is C45H58N2O2. The fourth-order valence-corrected chi connectivity index (χ4v) is 10.9. The third kappa shape index (κ3) is 7.42. The molecule has 0 spiro atoms. The first-order valence-electron chi connectivity index (χ1n) is 19.2. The van der Waals surface area contributed by atoms with Crippen molar-refractivity contribution in [3.8, 4) is 6.07 Å². The minimum atomic E-state index is 0.0704. The van der Waals surface area contributed by atoms with Gasteiger partial charge in [0, 0.05) is 0 Å². The lowest BCUT2D eigenvalue weighted by Crippen LogP contribution is -2.51. The summed E-state index contributed by atoms with van der Waals surface area (Å²) in [7, 11) is 0. The minimum absolute atomic E-state index is 0.0704. The van der Waals surface area contributed by atoms with Crippen molar-refractivity contribution in [3.63, 3.8) is 0 Å². The Balaban J connectivity index is 1.03. The maximum absolute atomic E-state index is 9.25. The van der Waals surface area contributed by atoms with E-state index in [9.17, 15) is 5.26 Å². The van der Waals surface area contributed by atoms with E-state index in [-0.39, 0.29) is 5.70 Å². The first-order valence-corrected chi connectivity index (χ1v) is 19.2. The van der Waals surface area contributed by atoms with Gasteiger partial charge in [-0.2, -0.15) is 0 Å². The highest BCUT2D eigenvalue weighted by Gasteiger charge is 2.59. The van der Waals surface area contributed by atoms with Crippen LogP contribution in [0, 0.1) is 64.2 Å². The van der Waals surface area contributed by atoms with Crippen molar-refractivity contribution in [2.24, 2.45) is 46.3 Å². The van der Waals surface area contributed by atoms with Crippen LogP contribution in [0.1, 0.15) is 123 Å². The molecule has 4 aliphatic carbocycles. The predicted molar refractivity (Wildman–Crippen MR) is 199 cm³/mol. The zero-order valence-corrected chi connectivity index (χ0v) is 30.9.